The molecule has 0 saturated carbocycles. The second-order valence-electron chi connectivity index (χ2n) is 5.85. The number of nitrogens with zero attached hydrogens (tertiary/aromatic N) is 2. The summed E-state index contributed by atoms with van der Waals surface area (Å²) >= 11 is 0. The lowest BCUT2D eigenvalue weighted by atomic mass is 9.97. The number of hydrogen-bond acceptors (Lipinski definition) is 2. The maximum atomic E-state index is 5.75. The molecule has 0 fully saturated rings. The van der Waals surface area contributed by atoms with Crippen LogP contribution in [-0.2, 0) is 13.5 Å². The highest BCUT2D eigenvalue weighted by Gasteiger charge is 2.13. The molecule has 0 aliphatic rings. The van der Waals surface area contributed by atoms with Gasteiger partial charge in [-0.3, -0.25) is 0 Å². The van der Waals surface area contributed by atoms with Crippen molar-refractivity contribution in [2.24, 2.45) is 7.05 Å². The lowest BCUT2D eigenvalue weighted by molar-refractivity contribution is 0.690. The maximum absolute atomic E-state index is 5.75. The number of anilines is 1. The Labute approximate surface area is 125 Å². The Morgan fingerprint density at radius 2 is 1.86 bits per heavy atom. The summed E-state index contributed by atoms with van der Waals surface area (Å²) in [5, 5.41) is 0. The fourth-order valence-electron chi connectivity index (χ4n) is 2.76. The quantitative estimate of drug-likeness (QED) is 0.741. The standard InChI is InChI=1S/C18H21N3/c1-12-4-9-17-16(10-12)20-18(21(17)3)11-13(2)14-5-7-15(19)8-6-14/h4-10,13H,11,19H2,1-3H3. The van der Waals surface area contributed by atoms with E-state index < -0.39 is 0 Å². The van der Waals surface area contributed by atoms with E-state index in [2.05, 4.69) is 55.8 Å². The van der Waals surface area contributed by atoms with Gasteiger partial charge in [0, 0.05) is 19.2 Å². The molecule has 3 nitrogen and oxygen atoms in total. The number of fused-ring (bicyclic) bond motifs is 1. The summed E-state index contributed by atoms with van der Waals surface area (Å²) in [7, 11) is 2.09. The van der Waals surface area contributed by atoms with Gasteiger partial charge >= 0.3 is 0 Å². The Hall–Kier alpha value is -2.29. The first-order chi connectivity index (χ1) is 10.0. The zero-order valence-electron chi connectivity index (χ0n) is 12.8. The summed E-state index contributed by atoms with van der Waals surface area (Å²) in [6, 6.07) is 14.6. The molecule has 108 valence electrons. The molecule has 2 N–H and O–H groups in total. The van der Waals surface area contributed by atoms with Gasteiger partial charge in [0.1, 0.15) is 5.82 Å². The Balaban J connectivity index is 1.90. The van der Waals surface area contributed by atoms with Gasteiger partial charge in [0.2, 0.25) is 0 Å². The lowest BCUT2D eigenvalue weighted by Gasteiger charge is -2.12. The largest absolute Gasteiger partial charge is 0.399 e. The van der Waals surface area contributed by atoms with Crippen LogP contribution in [0.5, 0.6) is 0 Å². The molecule has 3 rings (SSSR count). The SMILES string of the molecule is Cc1ccc2c(c1)nc(CC(C)c1ccc(N)cc1)n2C. The van der Waals surface area contributed by atoms with Crippen molar-refractivity contribution < 1.29 is 0 Å². The molecule has 0 aliphatic heterocycles. The fourth-order valence-corrected chi connectivity index (χ4v) is 2.76. The van der Waals surface area contributed by atoms with Crippen molar-refractivity contribution in [3.63, 3.8) is 0 Å². The number of nitrogen functional groups attached to an aromatic ring is 1. The highest BCUT2D eigenvalue weighted by atomic mass is 15.1. The van der Waals surface area contributed by atoms with Gasteiger partial charge in [-0.1, -0.05) is 25.1 Å². The van der Waals surface area contributed by atoms with Crippen molar-refractivity contribution in [1.29, 1.82) is 0 Å². The van der Waals surface area contributed by atoms with Crippen molar-refractivity contribution in [3.05, 3.63) is 59.4 Å². The van der Waals surface area contributed by atoms with Crippen LogP contribution in [0.1, 0.15) is 29.8 Å². The van der Waals surface area contributed by atoms with Crippen LogP contribution < -0.4 is 5.73 Å². The molecular weight excluding hydrogens is 258 g/mol. The number of rotatable bonds is 3. The second kappa shape index (κ2) is 5.24. The van der Waals surface area contributed by atoms with Crippen LogP contribution in [0.3, 0.4) is 0 Å². The Morgan fingerprint density at radius 3 is 2.57 bits per heavy atom. The molecular formula is C18H21N3. The van der Waals surface area contributed by atoms with Gasteiger partial charge < -0.3 is 10.3 Å². The van der Waals surface area contributed by atoms with Crippen molar-refractivity contribution in [2.75, 3.05) is 5.73 Å². The maximum Gasteiger partial charge on any atom is 0.110 e. The van der Waals surface area contributed by atoms with Gasteiger partial charge in [-0.2, -0.15) is 0 Å². The first-order valence-corrected chi connectivity index (χ1v) is 7.32. The third-order valence-electron chi connectivity index (χ3n) is 4.12. The monoisotopic (exact) mass is 279 g/mol. The summed E-state index contributed by atoms with van der Waals surface area (Å²) in [6.07, 6.45) is 0.925. The molecule has 0 spiro atoms. The molecule has 3 heteroatoms. The van der Waals surface area contributed by atoms with Crippen LogP contribution in [0.2, 0.25) is 0 Å². The molecule has 0 saturated heterocycles. The van der Waals surface area contributed by atoms with E-state index in [1.807, 2.05) is 12.1 Å². The second-order valence-corrected chi connectivity index (χ2v) is 5.85. The van der Waals surface area contributed by atoms with E-state index >= 15 is 0 Å². The highest BCUT2D eigenvalue weighted by molar-refractivity contribution is 5.76. The average molecular weight is 279 g/mol. The van der Waals surface area contributed by atoms with E-state index in [1.54, 1.807) is 0 Å². The molecule has 2 aromatic carbocycles. The number of benzene rings is 2. The van der Waals surface area contributed by atoms with E-state index in [4.69, 9.17) is 10.7 Å². The molecule has 0 aliphatic carbocycles. The summed E-state index contributed by atoms with van der Waals surface area (Å²) in [4.78, 5) is 4.79. The van der Waals surface area contributed by atoms with Crippen molar-refractivity contribution in [1.82, 2.24) is 9.55 Å². The summed E-state index contributed by atoms with van der Waals surface area (Å²) in [5.41, 5.74) is 11.4. The van der Waals surface area contributed by atoms with E-state index in [1.165, 1.54) is 16.6 Å². The Morgan fingerprint density at radius 1 is 1.14 bits per heavy atom. The van der Waals surface area contributed by atoms with Crippen LogP contribution in [0, 0.1) is 6.92 Å². The molecule has 0 radical (unpaired) electrons. The molecule has 0 bridgehead atoms. The first-order valence-electron chi connectivity index (χ1n) is 7.32. The van der Waals surface area contributed by atoms with Gasteiger partial charge in [0.25, 0.3) is 0 Å². The number of imidazole rings is 1. The fraction of sp³-hybridized carbons (Fsp3) is 0.278. The third kappa shape index (κ3) is 2.64. The Bertz CT molecular complexity index is 769. The minimum atomic E-state index is 0.419. The number of nitrogens with two attached hydrogens (primary N) is 1. The Kier molecular flexibility index (Phi) is 3.42. The minimum absolute atomic E-state index is 0.419. The number of hydrogen-bond donors (Lipinski definition) is 1. The van der Waals surface area contributed by atoms with Gasteiger partial charge in [-0.05, 0) is 48.2 Å². The highest BCUT2D eigenvalue weighted by Crippen LogP contribution is 2.23. The summed E-state index contributed by atoms with van der Waals surface area (Å²) in [5.74, 6) is 1.54. The van der Waals surface area contributed by atoms with Crippen LogP contribution in [0.15, 0.2) is 42.5 Å². The van der Waals surface area contributed by atoms with Crippen molar-refractivity contribution >= 4 is 16.7 Å². The molecule has 1 heterocycles. The van der Waals surface area contributed by atoms with Crippen LogP contribution in [-0.4, -0.2) is 9.55 Å². The minimum Gasteiger partial charge on any atom is -0.399 e. The molecule has 21 heavy (non-hydrogen) atoms. The van der Waals surface area contributed by atoms with E-state index in [-0.39, 0.29) is 0 Å². The first kappa shape index (κ1) is 13.7. The van der Waals surface area contributed by atoms with Gasteiger partial charge in [-0.25, -0.2) is 4.98 Å². The zero-order valence-corrected chi connectivity index (χ0v) is 12.8. The third-order valence-corrected chi connectivity index (χ3v) is 4.12. The summed E-state index contributed by atoms with van der Waals surface area (Å²) in [6.45, 7) is 4.33. The van der Waals surface area contributed by atoms with Gasteiger partial charge in [-0.15, -0.1) is 0 Å². The number of aromatic nitrogens is 2. The van der Waals surface area contributed by atoms with E-state index in [0.29, 0.717) is 5.92 Å². The van der Waals surface area contributed by atoms with Crippen molar-refractivity contribution in [3.8, 4) is 0 Å². The topological polar surface area (TPSA) is 43.8 Å². The zero-order chi connectivity index (χ0) is 15.0. The molecule has 0 amide bonds. The molecule has 1 aromatic heterocycles. The van der Waals surface area contributed by atoms with E-state index in [9.17, 15) is 0 Å². The van der Waals surface area contributed by atoms with Crippen LogP contribution >= 0.6 is 0 Å². The predicted molar refractivity (Wildman–Crippen MR) is 88.4 cm³/mol. The molecule has 3 aromatic rings. The van der Waals surface area contributed by atoms with Crippen LogP contribution in [0.4, 0.5) is 5.69 Å². The average Bonchev–Trinajstić information content (AvgIpc) is 2.75. The predicted octanol–water partition coefficient (Wildman–Crippen LogP) is 3.81. The van der Waals surface area contributed by atoms with Gasteiger partial charge in [0.15, 0.2) is 0 Å². The normalized spacial score (nSPS) is 12.7. The molecule has 1 unspecified atom stereocenters. The van der Waals surface area contributed by atoms with Crippen molar-refractivity contribution in [2.45, 2.75) is 26.2 Å². The van der Waals surface area contributed by atoms with Gasteiger partial charge in [0.05, 0.1) is 11.0 Å². The summed E-state index contributed by atoms with van der Waals surface area (Å²) < 4.78 is 2.20. The number of aryl methyl sites for hydroxylation is 2. The van der Waals surface area contributed by atoms with Crippen LogP contribution in [0.25, 0.3) is 11.0 Å². The van der Waals surface area contributed by atoms with E-state index in [0.717, 1.165) is 23.4 Å². The molecule has 1 atom stereocenters. The smallest absolute Gasteiger partial charge is 0.110 e. The lowest BCUT2D eigenvalue weighted by Crippen LogP contribution is -2.04.